The van der Waals surface area contributed by atoms with Gasteiger partial charge in [0.25, 0.3) is 0 Å². The number of fused-ring (bicyclic) bond motifs is 1. The molecule has 2 amide bonds. The third kappa shape index (κ3) is 4.31. The maximum Gasteiger partial charge on any atom is 0.315 e. The van der Waals surface area contributed by atoms with Gasteiger partial charge in [-0.2, -0.15) is 5.10 Å². The Morgan fingerprint density at radius 1 is 1.42 bits per heavy atom. The predicted octanol–water partition coefficient (Wildman–Crippen LogP) is 1.38. The van der Waals surface area contributed by atoms with E-state index < -0.39 is 0 Å². The van der Waals surface area contributed by atoms with Gasteiger partial charge in [-0.1, -0.05) is 0 Å². The summed E-state index contributed by atoms with van der Waals surface area (Å²) >= 11 is 0. The first kappa shape index (κ1) is 16.0. The molecule has 24 heavy (non-hydrogen) atoms. The molecular weight excluding hydrogens is 312 g/mol. The number of carbonyl (C=O) groups excluding carboxylic acids is 1. The maximum atomic E-state index is 11.8. The number of aromatic nitrogens is 2. The van der Waals surface area contributed by atoms with Crippen molar-refractivity contribution < 1.29 is 19.0 Å². The molecule has 1 aliphatic heterocycles. The lowest BCUT2D eigenvalue weighted by Crippen LogP contribution is -2.43. The molecule has 1 aromatic heterocycles. The molecule has 2 aromatic rings. The smallest absolute Gasteiger partial charge is 0.315 e. The van der Waals surface area contributed by atoms with Crippen LogP contribution in [0.5, 0.6) is 17.2 Å². The van der Waals surface area contributed by atoms with E-state index in [0.29, 0.717) is 36.9 Å². The van der Waals surface area contributed by atoms with Crippen LogP contribution in [0.4, 0.5) is 4.79 Å². The Morgan fingerprint density at radius 2 is 2.29 bits per heavy atom. The van der Waals surface area contributed by atoms with Gasteiger partial charge in [0, 0.05) is 24.5 Å². The first-order chi connectivity index (χ1) is 11.7. The Hall–Kier alpha value is -2.90. The number of ether oxygens (including phenoxy) is 3. The average Bonchev–Trinajstić information content (AvgIpc) is 3.22. The van der Waals surface area contributed by atoms with Gasteiger partial charge in [-0.05, 0) is 25.1 Å². The summed E-state index contributed by atoms with van der Waals surface area (Å²) in [4.78, 5) is 11.8. The van der Waals surface area contributed by atoms with E-state index in [1.165, 1.54) is 0 Å². The Kier molecular flexibility index (Phi) is 5.05. The molecule has 8 heteroatoms. The summed E-state index contributed by atoms with van der Waals surface area (Å²) in [5.41, 5.74) is 0. The second kappa shape index (κ2) is 7.58. The first-order valence-electron chi connectivity index (χ1n) is 7.75. The Labute approximate surface area is 139 Å². The second-order valence-corrected chi connectivity index (χ2v) is 5.39. The van der Waals surface area contributed by atoms with Crippen molar-refractivity contribution >= 4 is 6.03 Å². The molecule has 0 aliphatic carbocycles. The van der Waals surface area contributed by atoms with Crippen molar-refractivity contribution in [2.24, 2.45) is 0 Å². The van der Waals surface area contributed by atoms with Crippen LogP contribution in [0.1, 0.15) is 6.92 Å². The molecule has 0 unspecified atom stereocenters. The van der Waals surface area contributed by atoms with Crippen LogP contribution in [0.3, 0.4) is 0 Å². The van der Waals surface area contributed by atoms with E-state index in [2.05, 4.69) is 15.7 Å². The van der Waals surface area contributed by atoms with Crippen LogP contribution in [-0.2, 0) is 6.54 Å². The molecule has 0 spiro atoms. The lowest BCUT2D eigenvalue weighted by molar-refractivity contribution is 0.173. The number of nitrogens with zero attached hydrogens (tertiary/aromatic N) is 2. The van der Waals surface area contributed by atoms with Crippen molar-refractivity contribution in [1.82, 2.24) is 20.4 Å². The number of benzene rings is 1. The number of urea groups is 1. The van der Waals surface area contributed by atoms with E-state index in [1.807, 2.05) is 19.2 Å². The third-order valence-electron chi connectivity index (χ3n) is 3.40. The highest BCUT2D eigenvalue weighted by Gasteiger charge is 2.13. The fourth-order valence-corrected chi connectivity index (χ4v) is 2.31. The van der Waals surface area contributed by atoms with Gasteiger partial charge in [-0.15, -0.1) is 0 Å². The zero-order valence-corrected chi connectivity index (χ0v) is 13.4. The third-order valence-corrected chi connectivity index (χ3v) is 3.40. The van der Waals surface area contributed by atoms with Gasteiger partial charge >= 0.3 is 6.03 Å². The molecule has 3 rings (SSSR count). The average molecular weight is 332 g/mol. The molecule has 1 atom stereocenters. The quantitative estimate of drug-likeness (QED) is 0.748. The van der Waals surface area contributed by atoms with Crippen LogP contribution in [0.2, 0.25) is 0 Å². The summed E-state index contributed by atoms with van der Waals surface area (Å²) in [6.45, 7) is 3.53. The van der Waals surface area contributed by atoms with Crippen molar-refractivity contribution in [2.45, 2.75) is 19.5 Å². The number of hydrogen-bond donors (Lipinski definition) is 2. The van der Waals surface area contributed by atoms with E-state index in [1.54, 1.807) is 29.1 Å². The van der Waals surface area contributed by atoms with Gasteiger partial charge in [0.05, 0.1) is 13.1 Å². The van der Waals surface area contributed by atoms with E-state index in [-0.39, 0.29) is 18.9 Å². The molecule has 1 aromatic carbocycles. The van der Waals surface area contributed by atoms with E-state index in [4.69, 9.17) is 14.2 Å². The van der Waals surface area contributed by atoms with Crippen LogP contribution < -0.4 is 24.8 Å². The normalized spacial score (nSPS) is 13.4. The van der Waals surface area contributed by atoms with Crippen molar-refractivity contribution in [2.75, 3.05) is 19.9 Å². The molecule has 0 bridgehead atoms. The zero-order chi connectivity index (χ0) is 16.8. The number of amides is 2. The summed E-state index contributed by atoms with van der Waals surface area (Å²) in [5, 5.41) is 9.71. The summed E-state index contributed by atoms with van der Waals surface area (Å²) in [6.07, 6.45) is 3.57. The van der Waals surface area contributed by atoms with Crippen LogP contribution in [0.25, 0.3) is 0 Å². The van der Waals surface area contributed by atoms with Crippen LogP contribution in [0.15, 0.2) is 36.7 Å². The lowest BCUT2D eigenvalue weighted by atomic mass is 10.3. The summed E-state index contributed by atoms with van der Waals surface area (Å²) in [7, 11) is 0. The fourth-order valence-electron chi connectivity index (χ4n) is 2.31. The van der Waals surface area contributed by atoms with Gasteiger partial charge in [0.1, 0.15) is 12.4 Å². The first-order valence-corrected chi connectivity index (χ1v) is 7.75. The van der Waals surface area contributed by atoms with Crippen LogP contribution in [0, 0.1) is 0 Å². The molecule has 1 aliphatic rings. The highest BCUT2D eigenvalue weighted by atomic mass is 16.7. The Bertz CT molecular complexity index is 675. The SMILES string of the molecule is C[C@H](Cn1cccn1)NC(=O)NCCOc1ccc2c(c1)OCO2. The largest absolute Gasteiger partial charge is 0.492 e. The molecular formula is C16H20N4O4. The standard InChI is InChI=1S/C16H20N4O4/c1-12(10-20-7-2-5-18-20)19-16(21)17-6-8-22-13-3-4-14-15(9-13)24-11-23-14/h2-5,7,9,12H,6,8,10-11H2,1H3,(H2,17,19,21)/t12-/m1/s1. The lowest BCUT2D eigenvalue weighted by Gasteiger charge is -2.15. The number of carbonyl (C=O) groups is 1. The van der Waals surface area contributed by atoms with Crippen molar-refractivity contribution in [3.05, 3.63) is 36.7 Å². The Morgan fingerprint density at radius 3 is 3.12 bits per heavy atom. The second-order valence-electron chi connectivity index (χ2n) is 5.39. The highest BCUT2D eigenvalue weighted by molar-refractivity contribution is 5.74. The predicted molar refractivity (Wildman–Crippen MR) is 86.3 cm³/mol. The Balaban J connectivity index is 1.33. The van der Waals surface area contributed by atoms with Crippen molar-refractivity contribution in [3.63, 3.8) is 0 Å². The van der Waals surface area contributed by atoms with Crippen LogP contribution >= 0.6 is 0 Å². The summed E-state index contributed by atoms with van der Waals surface area (Å²) < 4.78 is 17.9. The van der Waals surface area contributed by atoms with Gasteiger partial charge in [-0.3, -0.25) is 4.68 Å². The van der Waals surface area contributed by atoms with E-state index >= 15 is 0 Å². The minimum atomic E-state index is -0.232. The molecule has 2 N–H and O–H groups in total. The van der Waals surface area contributed by atoms with Gasteiger partial charge in [-0.25, -0.2) is 4.79 Å². The van der Waals surface area contributed by atoms with Gasteiger partial charge in [0.15, 0.2) is 11.5 Å². The highest BCUT2D eigenvalue weighted by Crippen LogP contribution is 2.34. The van der Waals surface area contributed by atoms with Gasteiger partial charge < -0.3 is 24.8 Å². The molecule has 2 heterocycles. The number of hydrogen-bond acceptors (Lipinski definition) is 5. The topological polar surface area (TPSA) is 86.6 Å². The van der Waals surface area contributed by atoms with E-state index in [0.717, 1.165) is 0 Å². The molecule has 128 valence electrons. The summed E-state index contributed by atoms with van der Waals surface area (Å²) in [5.74, 6) is 2.06. The molecule has 8 nitrogen and oxygen atoms in total. The molecule has 0 saturated heterocycles. The molecule has 0 radical (unpaired) electrons. The van der Waals surface area contributed by atoms with E-state index in [9.17, 15) is 4.79 Å². The number of nitrogens with one attached hydrogen (secondary N) is 2. The number of rotatable bonds is 7. The van der Waals surface area contributed by atoms with Crippen molar-refractivity contribution in [1.29, 1.82) is 0 Å². The van der Waals surface area contributed by atoms with Gasteiger partial charge in [0.2, 0.25) is 6.79 Å². The fraction of sp³-hybridized carbons (Fsp3) is 0.375. The summed E-state index contributed by atoms with van der Waals surface area (Å²) in [6, 6.07) is 6.96. The minimum absolute atomic E-state index is 0.0281. The van der Waals surface area contributed by atoms with Crippen molar-refractivity contribution in [3.8, 4) is 17.2 Å². The zero-order valence-electron chi connectivity index (χ0n) is 13.4. The molecule has 0 saturated carbocycles. The minimum Gasteiger partial charge on any atom is -0.492 e. The monoisotopic (exact) mass is 332 g/mol. The molecule has 0 fully saturated rings. The maximum absolute atomic E-state index is 11.8. The van der Waals surface area contributed by atoms with Crippen LogP contribution in [-0.4, -0.2) is 41.8 Å².